The van der Waals surface area contributed by atoms with Crippen LogP contribution in [0.3, 0.4) is 0 Å². The van der Waals surface area contributed by atoms with Crippen LogP contribution in [0.25, 0.3) is 0 Å². The lowest BCUT2D eigenvalue weighted by Crippen LogP contribution is -2.07. The monoisotopic (exact) mass is 138 g/mol. The van der Waals surface area contributed by atoms with Crippen LogP contribution in [0, 0.1) is 24.2 Å². The molecule has 0 N–H and O–H groups in total. The molecule has 2 unspecified atom stereocenters. The lowest BCUT2D eigenvalue weighted by molar-refractivity contribution is 0.418. The maximum absolute atomic E-state index is 2.44. The van der Waals surface area contributed by atoms with Crippen LogP contribution in [0.15, 0.2) is 0 Å². The second-order valence-electron chi connectivity index (χ2n) is 3.74. The molecule has 0 aliphatic heterocycles. The summed E-state index contributed by atoms with van der Waals surface area (Å²) in [5, 5.41) is 0. The van der Waals surface area contributed by atoms with Crippen molar-refractivity contribution < 1.29 is 0 Å². The molecule has 2 atom stereocenters. The van der Waals surface area contributed by atoms with Crippen LogP contribution in [0.5, 0.6) is 0 Å². The van der Waals surface area contributed by atoms with Crippen molar-refractivity contribution in [3.8, 4) is 0 Å². The van der Waals surface area contributed by atoms with Gasteiger partial charge < -0.3 is 0 Å². The lowest BCUT2D eigenvalue weighted by Gasteiger charge is -2.16. The third-order valence-corrected chi connectivity index (χ3v) is 2.68. The highest BCUT2D eigenvalue weighted by Gasteiger charge is 2.19. The molecule has 1 aliphatic carbocycles. The first-order valence-corrected chi connectivity index (χ1v) is 4.37. The summed E-state index contributed by atoms with van der Waals surface area (Å²) in [6.45, 7) is 6.95. The summed E-state index contributed by atoms with van der Waals surface area (Å²) in [4.78, 5) is 0. The van der Waals surface area contributed by atoms with Gasteiger partial charge in [-0.25, -0.2) is 0 Å². The Balaban J connectivity index is 2.41. The van der Waals surface area contributed by atoms with Crippen molar-refractivity contribution in [2.45, 2.75) is 40.0 Å². The van der Waals surface area contributed by atoms with E-state index in [0.717, 1.165) is 11.8 Å². The number of hydrogen-bond donors (Lipinski definition) is 0. The van der Waals surface area contributed by atoms with Crippen molar-refractivity contribution in [1.29, 1.82) is 0 Å². The van der Waals surface area contributed by atoms with E-state index in [4.69, 9.17) is 0 Å². The van der Waals surface area contributed by atoms with Gasteiger partial charge in [-0.15, -0.1) is 0 Å². The van der Waals surface area contributed by atoms with Gasteiger partial charge in [0, 0.05) is 0 Å². The van der Waals surface area contributed by atoms with E-state index in [1.54, 1.807) is 5.92 Å². The van der Waals surface area contributed by atoms with Gasteiger partial charge in [-0.2, -0.15) is 0 Å². The minimum absolute atomic E-state index is 0.808. The Morgan fingerprint density at radius 1 is 1.40 bits per heavy atom. The first kappa shape index (κ1) is 8.10. The molecule has 0 heteroatoms. The standard InChI is InChI=1S/C10H18/c1-8-5-4-6-9(2)10(3)7-8/h7,9-10H,4-6H2,1-3H3. The Bertz CT molecular complexity index is 96.2. The van der Waals surface area contributed by atoms with Gasteiger partial charge in [-0.3, -0.25) is 0 Å². The minimum Gasteiger partial charge on any atom is -0.0622 e. The molecule has 0 bridgehead atoms. The summed E-state index contributed by atoms with van der Waals surface area (Å²) in [5.41, 5.74) is 0. The van der Waals surface area contributed by atoms with Crippen molar-refractivity contribution >= 4 is 0 Å². The molecular weight excluding hydrogens is 120 g/mol. The molecule has 0 heterocycles. The van der Waals surface area contributed by atoms with Crippen molar-refractivity contribution in [1.82, 2.24) is 0 Å². The zero-order valence-electron chi connectivity index (χ0n) is 7.35. The van der Waals surface area contributed by atoms with Gasteiger partial charge in [-0.1, -0.05) is 33.6 Å². The molecule has 0 nitrogen and oxygen atoms in total. The first-order chi connectivity index (χ1) is 4.70. The molecule has 0 spiro atoms. The summed E-state index contributed by atoms with van der Waals surface area (Å²) in [6.07, 6.45) is 6.58. The Morgan fingerprint density at radius 3 is 2.80 bits per heavy atom. The molecule has 1 saturated carbocycles. The predicted octanol–water partition coefficient (Wildman–Crippen LogP) is 3.24. The van der Waals surface area contributed by atoms with Crippen LogP contribution in [0.1, 0.15) is 40.0 Å². The molecule has 2 radical (unpaired) electrons. The second kappa shape index (κ2) is 3.41. The fourth-order valence-electron chi connectivity index (χ4n) is 1.66. The zero-order valence-corrected chi connectivity index (χ0v) is 7.35. The lowest BCUT2D eigenvalue weighted by atomic mass is 9.89. The predicted molar refractivity (Wildman–Crippen MR) is 45.4 cm³/mol. The normalized spacial score (nSPS) is 37.5. The topological polar surface area (TPSA) is 0 Å². The molecule has 0 aromatic heterocycles. The van der Waals surface area contributed by atoms with Gasteiger partial charge >= 0.3 is 0 Å². The summed E-state index contributed by atoms with van der Waals surface area (Å²) < 4.78 is 0. The van der Waals surface area contributed by atoms with Gasteiger partial charge in [0.1, 0.15) is 0 Å². The average molecular weight is 138 g/mol. The number of hydrogen-bond acceptors (Lipinski definition) is 0. The van der Waals surface area contributed by atoms with Crippen LogP contribution < -0.4 is 0 Å². The molecule has 1 fully saturated rings. The van der Waals surface area contributed by atoms with Crippen molar-refractivity contribution in [3.63, 3.8) is 0 Å². The van der Waals surface area contributed by atoms with Crippen molar-refractivity contribution in [3.05, 3.63) is 12.3 Å². The smallest absolute Gasteiger partial charge is 0.0235 e. The Labute approximate surface area is 65.0 Å². The summed E-state index contributed by atoms with van der Waals surface area (Å²) in [5.74, 6) is 3.30. The van der Waals surface area contributed by atoms with E-state index in [9.17, 15) is 0 Å². The fourth-order valence-corrected chi connectivity index (χ4v) is 1.66. The molecule has 10 heavy (non-hydrogen) atoms. The molecule has 1 rings (SSSR count). The molecule has 58 valence electrons. The van der Waals surface area contributed by atoms with E-state index >= 15 is 0 Å². The second-order valence-corrected chi connectivity index (χ2v) is 3.74. The van der Waals surface area contributed by atoms with Crippen LogP contribution in [-0.2, 0) is 0 Å². The molecule has 0 amide bonds. The summed E-state index contributed by atoms with van der Waals surface area (Å²) in [7, 11) is 0. The molecule has 0 aromatic rings. The van der Waals surface area contributed by atoms with Crippen LogP contribution in [0.2, 0.25) is 0 Å². The summed E-state index contributed by atoms with van der Waals surface area (Å²) >= 11 is 0. The Kier molecular flexibility index (Phi) is 2.76. The zero-order chi connectivity index (χ0) is 7.56. The van der Waals surface area contributed by atoms with Gasteiger partial charge in [0.2, 0.25) is 0 Å². The van der Waals surface area contributed by atoms with E-state index in [0.29, 0.717) is 0 Å². The SMILES string of the molecule is C[C]1[CH]C(C)C(C)CCC1. The van der Waals surface area contributed by atoms with Gasteiger partial charge in [0.25, 0.3) is 0 Å². The summed E-state index contributed by atoms with van der Waals surface area (Å²) in [6, 6.07) is 0. The quantitative estimate of drug-likeness (QED) is 0.451. The van der Waals surface area contributed by atoms with Gasteiger partial charge in [0.05, 0.1) is 0 Å². The van der Waals surface area contributed by atoms with E-state index in [1.165, 1.54) is 19.3 Å². The maximum Gasteiger partial charge on any atom is -0.0235 e. The van der Waals surface area contributed by atoms with Gasteiger partial charge in [0.15, 0.2) is 0 Å². The Hall–Kier alpha value is 0. The highest BCUT2D eigenvalue weighted by Crippen LogP contribution is 2.31. The molecule has 1 aliphatic rings. The highest BCUT2D eigenvalue weighted by molar-refractivity contribution is 5.04. The fraction of sp³-hybridized carbons (Fsp3) is 0.800. The molecule has 0 aromatic carbocycles. The molecular formula is C10H18. The average Bonchev–Trinajstić information content (AvgIpc) is 1.96. The third-order valence-electron chi connectivity index (χ3n) is 2.68. The largest absolute Gasteiger partial charge is 0.0622 e. The van der Waals surface area contributed by atoms with Crippen LogP contribution >= 0.6 is 0 Å². The van der Waals surface area contributed by atoms with E-state index in [1.807, 2.05) is 0 Å². The van der Waals surface area contributed by atoms with Crippen molar-refractivity contribution in [2.75, 3.05) is 0 Å². The number of rotatable bonds is 0. The highest BCUT2D eigenvalue weighted by atomic mass is 14.2. The Morgan fingerprint density at radius 2 is 2.10 bits per heavy atom. The van der Waals surface area contributed by atoms with Crippen LogP contribution in [0.4, 0.5) is 0 Å². The van der Waals surface area contributed by atoms with E-state index < -0.39 is 0 Å². The minimum atomic E-state index is 0.808. The first-order valence-electron chi connectivity index (χ1n) is 4.37. The maximum atomic E-state index is 2.44. The van der Waals surface area contributed by atoms with E-state index in [-0.39, 0.29) is 0 Å². The van der Waals surface area contributed by atoms with Crippen LogP contribution in [-0.4, -0.2) is 0 Å². The van der Waals surface area contributed by atoms with E-state index in [2.05, 4.69) is 27.2 Å². The molecule has 0 saturated heterocycles. The van der Waals surface area contributed by atoms with Gasteiger partial charge in [-0.05, 0) is 30.6 Å². The van der Waals surface area contributed by atoms with Crippen molar-refractivity contribution in [2.24, 2.45) is 11.8 Å². The third kappa shape index (κ3) is 2.00.